The van der Waals surface area contributed by atoms with Crippen molar-refractivity contribution < 1.29 is 14.3 Å². The van der Waals surface area contributed by atoms with Crippen LogP contribution in [0.3, 0.4) is 0 Å². The van der Waals surface area contributed by atoms with Crippen LogP contribution < -0.4 is 0 Å². The summed E-state index contributed by atoms with van der Waals surface area (Å²) in [5, 5.41) is 0. The maximum absolute atomic E-state index is 11.2. The number of carbonyl (C=O) groups excluding carboxylic acids is 1. The minimum atomic E-state index is -0.190. The lowest BCUT2D eigenvalue weighted by molar-refractivity contribution is -0.149. The van der Waals surface area contributed by atoms with Gasteiger partial charge in [0.2, 0.25) is 0 Å². The van der Waals surface area contributed by atoms with E-state index in [4.69, 9.17) is 9.47 Å². The fourth-order valence-corrected chi connectivity index (χ4v) is 4.45. The number of nitrogens with zero attached hydrogens (tertiary/aromatic N) is 1. The first-order valence-electron chi connectivity index (χ1n) is 8.71. The number of benzene rings is 1. The van der Waals surface area contributed by atoms with Gasteiger partial charge in [0, 0.05) is 24.8 Å². The van der Waals surface area contributed by atoms with Crippen molar-refractivity contribution in [1.82, 2.24) is 4.90 Å². The van der Waals surface area contributed by atoms with E-state index in [1.54, 1.807) is 0 Å². The zero-order valence-corrected chi connectivity index (χ0v) is 14.3. The van der Waals surface area contributed by atoms with E-state index in [0.29, 0.717) is 30.4 Å². The second kappa shape index (κ2) is 7.02. The summed E-state index contributed by atoms with van der Waals surface area (Å²) in [5.41, 5.74) is 1.27. The highest BCUT2D eigenvalue weighted by atomic mass is 16.5. The average Bonchev–Trinajstić information content (AvgIpc) is 2.92. The fourth-order valence-electron chi connectivity index (χ4n) is 4.45. The minimum absolute atomic E-state index is 0.167. The molecule has 1 aromatic rings. The Morgan fingerprint density at radius 2 is 1.96 bits per heavy atom. The van der Waals surface area contributed by atoms with Crippen LogP contribution in [-0.2, 0) is 14.3 Å². The third kappa shape index (κ3) is 3.02. The van der Waals surface area contributed by atoms with E-state index in [-0.39, 0.29) is 12.1 Å². The van der Waals surface area contributed by atoms with E-state index in [0.717, 1.165) is 19.7 Å². The summed E-state index contributed by atoms with van der Waals surface area (Å²) in [6.45, 7) is 9.21. The van der Waals surface area contributed by atoms with Crippen LogP contribution in [0.5, 0.6) is 0 Å². The molecule has 3 rings (SSSR count). The highest BCUT2D eigenvalue weighted by Crippen LogP contribution is 2.55. The van der Waals surface area contributed by atoms with Crippen LogP contribution in [0.2, 0.25) is 0 Å². The maximum Gasteiger partial charge on any atom is 0.302 e. The molecule has 0 aromatic heterocycles. The van der Waals surface area contributed by atoms with Crippen LogP contribution in [0.1, 0.15) is 32.4 Å². The molecule has 1 saturated heterocycles. The molecule has 23 heavy (non-hydrogen) atoms. The number of esters is 1. The second-order valence-electron chi connectivity index (χ2n) is 6.58. The molecule has 1 saturated carbocycles. The highest BCUT2D eigenvalue weighted by molar-refractivity contribution is 5.65. The summed E-state index contributed by atoms with van der Waals surface area (Å²) in [6, 6.07) is 10.9. The van der Waals surface area contributed by atoms with Crippen LogP contribution in [0, 0.1) is 17.8 Å². The van der Waals surface area contributed by atoms with E-state index in [9.17, 15) is 4.79 Å². The van der Waals surface area contributed by atoms with Gasteiger partial charge in [-0.15, -0.1) is 0 Å². The highest BCUT2D eigenvalue weighted by Gasteiger charge is 2.59. The van der Waals surface area contributed by atoms with Crippen molar-refractivity contribution in [2.45, 2.75) is 32.9 Å². The zero-order chi connectivity index (χ0) is 16.4. The predicted octanol–water partition coefficient (Wildman–Crippen LogP) is 2.89. The Bertz CT molecular complexity index is 529. The monoisotopic (exact) mass is 317 g/mol. The SMILES string of the molecule is CCN(CC)[C@H]1[C@H](COC(C)=O)[C@@H]2CO[C@@H](c3ccccc3)[C@@H]21. The van der Waals surface area contributed by atoms with E-state index in [2.05, 4.69) is 43.0 Å². The molecule has 4 nitrogen and oxygen atoms in total. The molecule has 0 amide bonds. The molecule has 5 atom stereocenters. The number of hydrogen-bond acceptors (Lipinski definition) is 4. The van der Waals surface area contributed by atoms with Crippen LogP contribution >= 0.6 is 0 Å². The molecule has 1 aromatic carbocycles. The lowest BCUT2D eigenvalue weighted by Crippen LogP contribution is -2.61. The van der Waals surface area contributed by atoms with Crippen molar-refractivity contribution in [3.05, 3.63) is 35.9 Å². The number of rotatable bonds is 6. The quantitative estimate of drug-likeness (QED) is 0.756. The molecular formula is C19H27NO3. The van der Waals surface area contributed by atoms with Gasteiger partial charge in [0.15, 0.2) is 0 Å². The van der Waals surface area contributed by atoms with E-state index < -0.39 is 0 Å². The van der Waals surface area contributed by atoms with Gasteiger partial charge >= 0.3 is 5.97 Å². The van der Waals surface area contributed by atoms with Crippen molar-refractivity contribution in [2.75, 3.05) is 26.3 Å². The van der Waals surface area contributed by atoms with Gasteiger partial charge in [-0.25, -0.2) is 0 Å². The Balaban J connectivity index is 1.80. The minimum Gasteiger partial charge on any atom is -0.466 e. The van der Waals surface area contributed by atoms with Gasteiger partial charge in [-0.3, -0.25) is 4.79 Å². The van der Waals surface area contributed by atoms with Gasteiger partial charge in [0.05, 0.1) is 19.3 Å². The van der Waals surface area contributed by atoms with Crippen LogP contribution in [0.15, 0.2) is 30.3 Å². The molecule has 0 bridgehead atoms. The topological polar surface area (TPSA) is 38.8 Å². The summed E-state index contributed by atoms with van der Waals surface area (Å²) in [4.78, 5) is 13.7. The Morgan fingerprint density at radius 3 is 2.57 bits per heavy atom. The van der Waals surface area contributed by atoms with Crippen LogP contribution in [-0.4, -0.2) is 43.2 Å². The fraction of sp³-hybridized carbons (Fsp3) is 0.632. The Kier molecular flexibility index (Phi) is 5.02. The first kappa shape index (κ1) is 16.5. The van der Waals surface area contributed by atoms with E-state index in [1.165, 1.54) is 12.5 Å². The third-order valence-corrected chi connectivity index (χ3v) is 5.54. The second-order valence-corrected chi connectivity index (χ2v) is 6.58. The molecular weight excluding hydrogens is 290 g/mol. The van der Waals surface area contributed by atoms with E-state index >= 15 is 0 Å². The molecule has 0 unspecified atom stereocenters. The van der Waals surface area contributed by atoms with Crippen molar-refractivity contribution in [3.8, 4) is 0 Å². The van der Waals surface area contributed by atoms with Crippen molar-refractivity contribution >= 4 is 5.97 Å². The van der Waals surface area contributed by atoms with Crippen LogP contribution in [0.4, 0.5) is 0 Å². The summed E-state index contributed by atoms with van der Waals surface area (Å²) in [6.07, 6.45) is 0.167. The Hall–Kier alpha value is -1.39. The molecule has 0 spiro atoms. The molecule has 126 valence electrons. The normalized spacial score (nSPS) is 32.4. The van der Waals surface area contributed by atoms with Crippen LogP contribution in [0.25, 0.3) is 0 Å². The summed E-state index contributed by atoms with van der Waals surface area (Å²) in [7, 11) is 0. The lowest BCUT2D eigenvalue weighted by atomic mass is 9.59. The average molecular weight is 317 g/mol. The van der Waals surface area contributed by atoms with Crippen molar-refractivity contribution in [3.63, 3.8) is 0 Å². The van der Waals surface area contributed by atoms with Gasteiger partial charge in [-0.2, -0.15) is 0 Å². The van der Waals surface area contributed by atoms with Crippen molar-refractivity contribution in [2.24, 2.45) is 17.8 Å². The smallest absolute Gasteiger partial charge is 0.302 e. The van der Waals surface area contributed by atoms with Gasteiger partial charge in [-0.05, 0) is 24.6 Å². The summed E-state index contributed by atoms with van der Waals surface area (Å²) >= 11 is 0. The maximum atomic E-state index is 11.2. The number of ether oxygens (including phenoxy) is 2. The molecule has 1 aliphatic carbocycles. The Labute approximate surface area is 138 Å². The third-order valence-electron chi connectivity index (χ3n) is 5.54. The molecule has 0 N–H and O–H groups in total. The Morgan fingerprint density at radius 1 is 1.26 bits per heavy atom. The van der Waals surface area contributed by atoms with Gasteiger partial charge in [-0.1, -0.05) is 44.2 Å². The molecule has 2 aliphatic rings. The molecule has 1 heterocycles. The molecule has 1 aliphatic heterocycles. The lowest BCUT2D eigenvalue weighted by Gasteiger charge is -2.53. The predicted molar refractivity (Wildman–Crippen MR) is 88.9 cm³/mol. The summed E-state index contributed by atoms with van der Waals surface area (Å²) < 4.78 is 11.5. The van der Waals surface area contributed by atoms with Gasteiger partial charge < -0.3 is 14.4 Å². The van der Waals surface area contributed by atoms with Gasteiger partial charge in [0.1, 0.15) is 0 Å². The number of hydrogen-bond donors (Lipinski definition) is 0. The first-order valence-corrected chi connectivity index (χ1v) is 8.71. The summed E-state index contributed by atoms with van der Waals surface area (Å²) in [5.74, 6) is 1.19. The molecule has 2 fully saturated rings. The largest absolute Gasteiger partial charge is 0.466 e. The molecule has 0 radical (unpaired) electrons. The number of carbonyl (C=O) groups is 1. The zero-order valence-electron chi connectivity index (χ0n) is 14.3. The number of fused-ring (bicyclic) bond motifs is 1. The molecule has 4 heteroatoms. The first-order chi connectivity index (χ1) is 11.2. The standard InChI is InChI=1S/C19H27NO3/c1-4-20(5-2)18-16(12-22-13(3)21)15-11-23-19(17(15)18)14-9-7-6-8-10-14/h6-10,15-19H,4-5,11-12H2,1-3H3/t15-,16+,17-,18-,19-/m0/s1. The van der Waals surface area contributed by atoms with Crippen molar-refractivity contribution in [1.29, 1.82) is 0 Å². The van der Waals surface area contributed by atoms with E-state index in [1.807, 2.05) is 6.07 Å². The van der Waals surface area contributed by atoms with Gasteiger partial charge in [0.25, 0.3) is 0 Å².